The summed E-state index contributed by atoms with van der Waals surface area (Å²) in [6.07, 6.45) is 1.66. The lowest BCUT2D eigenvalue weighted by molar-refractivity contribution is -0.121. The van der Waals surface area contributed by atoms with Gasteiger partial charge in [-0.25, -0.2) is 4.79 Å². The smallest absolute Gasteiger partial charge is 0.332 e. The predicted octanol–water partition coefficient (Wildman–Crippen LogP) is 1.34. The minimum atomic E-state index is -0.374. The number of ether oxygens (including phenoxy) is 2. The Bertz CT molecular complexity index is 1190. The molecule has 0 fully saturated rings. The van der Waals surface area contributed by atoms with Gasteiger partial charge in [-0.1, -0.05) is 0 Å². The highest BCUT2D eigenvalue weighted by atomic mass is 16.5. The largest absolute Gasteiger partial charge is 0.497 e. The molecular weight excluding hydrogens is 388 g/mol. The third kappa shape index (κ3) is 3.83. The van der Waals surface area contributed by atoms with Gasteiger partial charge in [-0.15, -0.1) is 0 Å². The van der Waals surface area contributed by atoms with Crippen LogP contribution >= 0.6 is 0 Å². The molecule has 0 aliphatic heterocycles. The van der Waals surface area contributed by atoms with Crippen LogP contribution in [0.25, 0.3) is 11.0 Å². The summed E-state index contributed by atoms with van der Waals surface area (Å²) in [4.78, 5) is 37.8. The van der Waals surface area contributed by atoms with Crippen LogP contribution in [-0.2, 0) is 31.0 Å². The van der Waals surface area contributed by atoms with Crippen molar-refractivity contribution >= 4 is 16.9 Å². The van der Waals surface area contributed by atoms with Crippen molar-refractivity contribution in [2.75, 3.05) is 14.2 Å². The zero-order chi connectivity index (χ0) is 21.8. The van der Waals surface area contributed by atoms with Gasteiger partial charge in [0.15, 0.2) is 0 Å². The van der Waals surface area contributed by atoms with Crippen molar-refractivity contribution in [1.29, 1.82) is 0 Å². The van der Waals surface area contributed by atoms with Gasteiger partial charge in [-0.05, 0) is 32.0 Å². The van der Waals surface area contributed by atoms with E-state index < -0.39 is 0 Å². The standard InChI is InChI=1S/C21H26N4O5/c1-5-24-19-16(20(27)25(6-2)21(24)28)9-10-23(19)13-18(26)22-12-14-7-8-15(29-3)11-17(14)30-4/h7-11H,5-6,12-13H2,1-4H3,(H,22,26). The first-order valence-corrected chi connectivity index (χ1v) is 9.75. The second-order valence-electron chi connectivity index (χ2n) is 6.71. The Hall–Kier alpha value is -3.49. The lowest BCUT2D eigenvalue weighted by Gasteiger charge is -2.14. The average Bonchev–Trinajstić information content (AvgIpc) is 3.16. The van der Waals surface area contributed by atoms with Crippen LogP contribution in [0.1, 0.15) is 19.4 Å². The molecule has 0 aliphatic carbocycles. The molecule has 1 aromatic carbocycles. The summed E-state index contributed by atoms with van der Waals surface area (Å²) in [7, 11) is 3.13. The van der Waals surface area contributed by atoms with Gasteiger partial charge in [0, 0.05) is 37.5 Å². The van der Waals surface area contributed by atoms with Crippen molar-refractivity contribution in [3.8, 4) is 11.5 Å². The Morgan fingerprint density at radius 3 is 2.40 bits per heavy atom. The molecular formula is C21H26N4O5. The molecule has 2 heterocycles. The molecule has 0 aliphatic rings. The van der Waals surface area contributed by atoms with E-state index in [-0.39, 0.29) is 30.2 Å². The maximum Gasteiger partial charge on any atom is 0.332 e. The van der Waals surface area contributed by atoms with Gasteiger partial charge < -0.3 is 19.4 Å². The van der Waals surface area contributed by atoms with Crippen LogP contribution in [0.5, 0.6) is 11.5 Å². The SMILES string of the molecule is CCn1c(=O)c2ccn(CC(=O)NCc3ccc(OC)cc3OC)c2n(CC)c1=O. The second-order valence-corrected chi connectivity index (χ2v) is 6.71. The van der Waals surface area contributed by atoms with Crippen LogP contribution in [0.3, 0.4) is 0 Å². The number of methoxy groups -OCH3 is 2. The quantitative estimate of drug-likeness (QED) is 0.600. The first-order valence-electron chi connectivity index (χ1n) is 9.75. The van der Waals surface area contributed by atoms with Crippen molar-refractivity contribution in [2.24, 2.45) is 0 Å². The fourth-order valence-electron chi connectivity index (χ4n) is 3.49. The molecule has 2 aromatic heterocycles. The molecule has 0 saturated carbocycles. The van der Waals surface area contributed by atoms with Gasteiger partial charge in [0.1, 0.15) is 23.7 Å². The van der Waals surface area contributed by atoms with E-state index in [1.807, 2.05) is 13.0 Å². The van der Waals surface area contributed by atoms with Crippen LogP contribution < -0.4 is 26.0 Å². The van der Waals surface area contributed by atoms with E-state index in [1.54, 1.807) is 50.1 Å². The molecule has 0 spiro atoms. The normalized spacial score (nSPS) is 10.9. The van der Waals surface area contributed by atoms with Gasteiger partial charge in [-0.2, -0.15) is 0 Å². The number of hydrogen-bond acceptors (Lipinski definition) is 5. The van der Waals surface area contributed by atoms with Crippen molar-refractivity contribution in [1.82, 2.24) is 19.0 Å². The predicted molar refractivity (Wildman–Crippen MR) is 113 cm³/mol. The number of carbonyl (C=O) groups excluding carboxylic acids is 1. The van der Waals surface area contributed by atoms with Crippen LogP contribution in [0, 0.1) is 0 Å². The monoisotopic (exact) mass is 414 g/mol. The third-order valence-electron chi connectivity index (χ3n) is 5.04. The Morgan fingerprint density at radius 2 is 1.77 bits per heavy atom. The number of aromatic nitrogens is 3. The summed E-state index contributed by atoms with van der Waals surface area (Å²) in [5.41, 5.74) is 0.542. The molecule has 9 nitrogen and oxygen atoms in total. The molecule has 160 valence electrons. The minimum absolute atomic E-state index is 0.0169. The topological polar surface area (TPSA) is 96.5 Å². The number of rotatable bonds is 8. The molecule has 1 amide bonds. The summed E-state index contributed by atoms with van der Waals surface area (Å²) < 4.78 is 14.9. The number of hydrogen-bond donors (Lipinski definition) is 1. The Balaban J connectivity index is 1.84. The van der Waals surface area contributed by atoms with Crippen LogP contribution in [0.15, 0.2) is 40.1 Å². The maximum atomic E-state index is 12.6. The molecule has 0 unspecified atom stereocenters. The Labute approximate surface area is 173 Å². The van der Waals surface area contributed by atoms with Crippen molar-refractivity contribution in [3.63, 3.8) is 0 Å². The summed E-state index contributed by atoms with van der Waals surface area (Å²) in [5, 5.41) is 3.27. The second kappa shape index (κ2) is 8.89. The number of aryl methyl sites for hydroxylation is 1. The lowest BCUT2D eigenvalue weighted by atomic mass is 10.2. The third-order valence-corrected chi connectivity index (χ3v) is 5.04. The summed E-state index contributed by atoms with van der Waals surface area (Å²) in [5.74, 6) is 1.03. The van der Waals surface area contributed by atoms with Gasteiger partial charge in [-0.3, -0.25) is 18.7 Å². The molecule has 0 atom stereocenters. The van der Waals surface area contributed by atoms with Crippen LogP contribution in [0.4, 0.5) is 0 Å². The lowest BCUT2D eigenvalue weighted by Crippen LogP contribution is -2.40. The van der Waals surface area contributed by atoms with E-state index in [0.717, 1.165) is 5.56 Å². The van der Waals surface area contributed by atoms with Crippen LogP contribution in [0.2, 0.25) is 0 Å². The number of benzene rings is 1. The molecule has 30 heavy (non-hydrogen) atoms. The molecule has 0 bridgehead atoms. The van der Waals surface area contributed by atoms with Gasteiger partial charge in [0.2, 0.25) is 5.91 Å². The summed E-state index contributed by atoms with van der Waals surface area (Å²) in [6.45, 7) is 4.53. The zero-order valence-corrected chi connectivity index (χ0v) is 17.6. The van der Waals surface area contributed by atoms with E-state index in [4.69, 9.17) is 9.47 Å². The highest BCUT2D eigenvalue weighted by Crippen LogP contribution is 2.24. The summed E-state index contributed by atoms with van der Waals surface area (Å²) in [6, 6.07) is 7.02. The van der Waals surface area contributed by atoms with Crippen molar-refractivity contribution < 1.29 is 14.3 Å². The first-order chi connectivity index (χ1) is 14.4. The molecule has 0 radical (unpaired) electrons. The average molecular weight is 414 g/mol. The highest BCUT2D eigenvalue weighted by molar-refractivity contribution is 5.80. The van der Waals surface area contributed by atoms with E-state index in [2.05, 4.69) is 5.32 Å². The molecule has 0 saturated heterocycles. The van der Waals surface area contributed by atoms with Crippen LogP contribution in [-0.4, -0.2) is 33.8 Å². The number of fused-ring (bicyclic) bond motifs is 1. The van der Waals surface area contributed by atoms with Gasteiger partial charge >= 0.3 is 5.69 Å². The van der Waals surface area contributed by atoms with E-state index in [1.165, 1.54) is 9.13 Å². The van der Waals surface area contributed by atoms with Gasteiger partial charge in [0.05, 0.1) is 19.6 Å². The van der Waals surface area contributed by atoms with E-state index in [0.29, 0.717) is 35.6 Å². The van der Waals surface area contributed by atoms with E-state index >= 15 is 0 Å². The minimum Gasteiger partial charge on any atom is -0.497 e. The first kappa shape index (κ1) is 21.2. The Morgan fingerprint density at radius 1 is 1.03 bits per heavy atom. The Kier molecular flexibility index (Phi) is 6.29. The summed E-state index contributed by atoms with van der Waals surface area (Å²) >= 11 is 0. The zero-order valence-electron chi connectivity index (χ0n) is 17.6. The molecule has 1 N–H and O–H groups in total. The number of nitrogens with zero attached hydrogens (tertiary/aromatic N) is 3. The van der Waals surface area contributed by atoms with Crippen molar-refractivity contribution in [3.05, 3.63) is 56.9 Å². The van der Waals surface area contributed by atoms with Gasteiger partial charge in [0.25, 0.3) is 5.56 Å². The number of nitrogens with one attached hydrogen (secondary N) is 1. The fraction of sp³-hybridized carbons (Fsp3) is 0.381. The number of carbonyl (C=O) groups is 1. The highest BCUT2D eigenvalue weighted by Gasteiger charge is 2.16. The molecule has 9 heteroatoms. The molecule has 3 rings (SSSR count). The number of amides is 1. The molecule has 3 aromatic rings. The maximum absolute atomic E-state index is 12.6. The fourth-order valence-corrected chi connectivity index (χ4v) is 3.49. The van der Waals surface area contributed by atoms with E-state index in [9.17, 15) is 14.4 Å². The van der Waals surface area contributed by atoms with Crippen molar-refractivity contribution in [2.45, 2.75) is 40.0 Å².